The molecule has 416 valence electrons. The normalized spacial score (nSPS) is 12.5. The molecule has 0 aromatic rings. The molecule has 1 unspecified atom stereocenters. The largest absolute Gasteiger partial charge is 0.462 e. The fraction of sp³-hybridized carbons (Fsp3) is 0.773. The van der Waals surface area contributed by atoms with E-state index in [9.17, 15) is 14.4 Å². The Balaban J connectivity index is 4.17. The summed E-state index contributed by atoms with van der Waals surface area (Å²) in [7, 11) is 0. The van der Waals surface area contributed by atoms with Gasteiger partial charge in [-0.2, -0.15) is 0 Å². The molecule has 6 nitrogen and oxygen atoms in total. The van der Waals surface area contributed by atoms with Crippen LogP contribution in [0.25, 0.3) is 0 Å². The van der Waals surface area contributed by atoms with Crippen LogP contribution in [0, 0.1) is 0 Å². The first-order chi connectivity index (χ1) is 35.5. The van der Waals surface area contributed by atoms with Gasteiger partial charge >= 0.3 is 17.9 Å². The Bertz CT molecular complexity index is 1340. The Morgan fingerprint density at radius 1 is 0.292 bits per heavy atom. The second-order valence-corrected chi connectivity index (χ2v) is 20.6. The monoisotopic (exact) mass is 1000 g/mol. The molecule has 0 saturated heterocycles. The summed E-state index contributed by atoms with van der Waals surface area (Å²) >= 11 is 0. The van der Waals surface area contributed by atoms with Crippen molar-refractivity contribution < 1.29 is 28.6 Å². The molecule has 0 rings (SSSR count). The lowest BCUT2D eigenvalue weighted by molar-refractivity contribution is -0.167. The minimum Gasteiger partial charge on any atom is -0.462 e. The van der Waals surface area contributed by atoms with Crippen LogP contribution in [0.2, 0.25) is 0 Å². The van der Waals surface area contributed by atoms with Gasteiger partial charge in [-0.25, -0.2) is 0 Å². The van der Waals surface area contributed by atoms with E-state index in [2.05, 4.69) is 93.7 Å². The zero-order valence-corrected chi connectivity index (χ0v) is 47.7. The van der Waals surface area contributed by atoms with Crippen LogP contribution in [0.1, 0.15) is 310 Å². The van der Waals surface area contributed by atoms with Crippen molar-refractivity contribution in [3.8, 4) is 0 Å². The van der Waals surface area contributed by atoms with Gasteiger partial charge in [-0.1, -0.05) is 273 Å². The summed E-state index contributed by atoms with van der Waals surface area (Å²) in [6, 6.07) is 0. The molecule has 0 aromatic carbocycles. The van der Waals surface area contributed by atoms with Gasteiger partial charge in [0.25, 0.3) is 0 Å². The van der Waals surface area contributed by atoms with Crippen LogP contribution in [0.5, 0.6) is 0 Å². The molecule has 0 aromatic heterocycles. The molecule has 0 saturated carbocycles. The molecule has 0 amide bonds. The summed E-state index contributed by atoms with van der Waals surface area (Å²) in [6.45, 7) is 6.52. The van der Waals surface area contributed by atoms with E-state index >= 15 is 0 Å². The van der Waals surface area contributed by atoms with E-state index in [1.54, 1.807) is 0 Å². The van der Waals surface area contributed by atoms with Gasteiger partial charge in [-0.3, -0.25) is 14.4 Å². The second-order valence-electron chi connectivity index (χ2n) is 20.6. The molecule has 0 spiro atoms. The quantitative estimate of drug-likeness (QED) is 0.0261. The Morgan fingerprint density at radius 3 is 0.861 bits per heavy atom. The van der Waals surface area contributed by atoms with Gasteiger partial charge in [0, 0.05) is 19.3 Å². The van der Waals surface area contributed by atoms with Gasteiger partial charge in [-0.15, -0.1) is 0 Å². The van der Waals surface area contributed by atoms with Gasteiger partial charge in [0.1, 0.15) is 13.2 Å². The highest BCUT2D eigenvalue weighted by atomic mass is 16.6. The van der Waals surface area contributed by atoms with Gasteiger partial charge in [-0.05, 0) is 89.9 Å². The summed E-state index contributed by atoms with van der Waals surface area (Å²) in [5.74, 6) is -0.872. The third-order valence-electron chi connectivity index (χ3n) is 13.4. The van der Waals surface area contributed by atoms with Crippen LogP contribution in [0.3, 0.4) is 0 Å². The molecule has 0 aliphatic rings. The first kappa shape index (κ1) is 68.8. The molecule has 0 bridgehead atoms. The Morgan fingerprint density at radius 2 is 0.542 bits per heavy atom. The van der Waals surface area contributed by atoms with Crippen LogP contribution >= 0.6 is 0 Å². The van der Waals surface area contributed by atoms with Gasteiger partial charge in [0.05, 0.1) is 0 Å². The Labute approximate surface area is 446 Å². The van der Waals surface area contributed by atoms with E-state index < -0.39 is 6.10 Å². The number of carbonyl (C=O) groups is 3. The van der Waals surface area contributed by atoms with Crippen LogP contribution < -0.4 is 0 Å². The molecule has 0 fully saturated rings. The van der Waals surface area contributed by atoms with E-state index in [0.29, 0.717) is 19.3 Å². The van der Waals surface area contributed by atoms with Crippen molar-refractivity contribution >= 4 is 17.9 Å². The zero-order valence-electron chi connectivity index (χ0n) is 47.7. The highest BCUT2D eigenvalue weighted by molar-refractivity contribution is 5.71. The van der Waals surface area contributed by atoms with Crippen molar-refractivity contribution in [2.75, 3.05) is 13.2 Å². The highest BCUT2D eigenvalue weighted by Crippen LogP contribution is 2.16. The zero-order chi connectivity index (χ0) is 52.2. The summed E-state index contributed by atoms with van der Waals surface area (Å²) in [5.41, 5.74) is 0. The summed E-state index contributed by atoms with van der Waals surface area (Å²) in [4.78, 5) is 38.1. The number of hydrogen-bond acceptors (Lipinski definition) is 6. The molecule has 0 aliphatic carbocycles. The lowest BCUT2D eigenvalue weighted by atomic mass is 10.0. The van der Waals surface area contributed by atoms with Crippen molar-refractivity contribution in [3.05, 3.63) is 72.9 Å². The fourth-order valence-corrected chi connectivity index (χ4v) is 8.82. The Hall–Kier alpha value is -3.15. The molecular weight excluding hydrogens is 889 g/mol. The molecule has 6 heteroatoms. The van der Waals surface area contributed by atoms with Crippen molar-refractivity contribution in [2.45, 2.75) is 316 Å². The molecule has 0 N–H and O–H groups in total. The van der Waals surface area contributed by atoms with Crippen molar-refractivity contribution in [3.63, 3.8) is 0 Å². The number of carbonyl (C=O) groups excluding carboxylic acids is 3. The molecule has 0 heterocycles. The van der Waals surface area contributed by atoms with E-state index in [-0.39, 0.29) is 31.1 Å². The first-order valence-electron chi connectivity index (χ1n) is 30.9. The average molecular weight is 1010 g/mol. The van der Waals surface area contributed by atoms with Crippen LogP contribution in [0.15, 0.2) is 72.9 Å². The van der Waals surface area contributed by atoms with E-state index in [1.165, 1.54) is 180 Å². The standard InChI is InChI=1S/C66H116O6/c1-4-7-10-13-16-19-21-23-25-27-29-30-31-32-33-34-35-36-38-39-41-43-45-47-50-53-56-59-65(68)71-62-63(61-70-64(67)58-55-52-49-18-15-12-9-6-3)72-66(69)60-57-54-51-48-46-44-42-40-37-28-26-24-22-20-17-14-11-8-5-2/h7,10,16,19,23-26,29-30,32-33,63H,4-6,8-9,11-15,17-18,20-22,27-28,31,34-62H2,1-3H3/b10-7-,19-16-,25-23-,26-24-,30-29-,33-32-. The van der Waals surface area contributed by atoms with E-state index in [0.717, 1.165) is 89.9 Å². The molecular formula is C66H116O6. The number of ether oxygens (including phenoxy) is 3. The van der Waals surface area contributed by atoms with Crippen molar-refractivity contribution in [1.82, 2.24) is 0 Å². The summed E-state index contributed by atoms with van der Waals surface area (Å²) < 4.78 is 16.8. The highest BCUT2D eigenvalue weighted by Gasteiger charge is 2.19. The molecule has 0 aliphatic heterocycles. The first-order valence-corrected chi connectivity index (χ1v) is 30.9. The number of unbranched alkanes of at least 4 members (excludes halogenated alkanes) is 33. The maximum absolute atomic E-state index is 12.9. The average Bonchev–Trinajstić information content (AvgIpc) is 3.38. The maximum atomic E-state index is 12.9. The lowest BCUT2D eigenvalue weighted by Crippen LogP contribution is -2.30. The van der Waals surface area contributed by atoms with E-state index in [1.807, 2.05) is 0 Å². The van der Waals surface area contributed by atoms with Crippen molar-refractivity contribution in [1.29, 1.82) is 0 Å². The predicted molar refractivity (Wildman–Crippen MR) is 311 cm³/mol. The van der Waals surface area contributed by atoms with Crippen LogP contribution in [-0.2, 0) is 28.6 Å². The predicted octanol–water partition coefficient (Wildman–Crippen LogP) is 20.9. The summed E-state index contributed by atoms with van der Waals surface area (Å²) in [5, 5.41) is 0. The number of allylic oxidation sites excluding steroid dienone is 12. The third-order valence-corrected chi connectivity index (χ3v) is 13.4. The number of esters is 3. The second kappa shape index (κ2) is 60.4. The molecule has 72 heavy (non-hydrogen) atoms. The SMILES string of the molecule is CC/C=C\C/C=C\C/C=C\C/C=C\C/C=C\CCCCCCCCCCCCCC(=O)OCC(COC(=O)CCCCCCCCCC)OC(=O)CCCCCCCCCCC/C=C\CCCCCCCC. The van der Waals surface area contributed by atoms with E-state index in [4.69, 9.17) is 14.2 Å². The smallest absolute Gasteiger partial charge is 0.306 e. The number of rotatable bonds is 56. The van der Waals surface area contributed by atoms with Gasteiger partial charge in [0.2, 0.25) is 0 Å². The lowest BCUT2D eigenvalue weighted by Gasteiger charge is -2.18. The fourth-order valence-electron chi connectivity index (χ4n) is 8.82. The van der Waals surface area contributed by atoms with Gasteiger partial charge in [0.15, 0.2) is 6.10 Å². The molecule has 1 atom stereocenters. The molecule has 0 radical (unpaired) electrons. The minimum absolute atomic E-state index is 0.0740. The summed E-state index contributed by atoms with van der Waals surface area (Å²) in [6.07, 6.45) is 77.7. The number of hydrogen-bond donors (Lipinski definition) is 0. The van der Waals surface area contributed by atoms with Crippen LogP contribution in [-0.4, -0.2) is 37.2 Å². The minimum atomic E-state index is -0.774. The Kier molecular flexibility index (Phi) is 57.8. The van der Waals surface area contributed by atoms with Crippen molar-refractivity contribution in [2.24, 2.45) is 0 Å². The maximum Gasteiger partial charge on any atom is 0.306 e. The van der Waals surface area contributed by atoms with Gasteiger partial charge < -0.3 is 14.2 Å². The topological polar surface area (TPSA) is 78.9 Å². The third kappa shape index (κ3) is 57.7. The van der Waals surface area contributed by atoms with Crippen LogP contribution in [0.4, 0.5) is 0 Å².